The Hall–Kier alpha value is -4.49. The number of benzene rings is 2. The van der Waals surface area contributed by atoms with Crippen molar-refractivity contribution in [2.24, 2.45) is 0 Å². The molecule has 1 unspecified atom stereocenters. The van der Waals surface area contributed by atoms with E-state index in [1.165, 1.54) is 5.56 Å². The standard InChI is InChI=1S/C29H26N6O/c30-29-22(15-20(16-33-29)23-17-32-24-10-5-4-9-21(23)24)28(36)25-11-6-12-27(34-25)35-14-13-31-26(18-35)19-7-2-1-3-8-19/h1-12,15-17,26,31-32H,13-14,18H2,(H2,30,33). The smallest absolute Gasteiger partial charge is 0.215 e. The number of hydrogen-bond donors (Lipinski definition) is 3. The number of nitrogens with zero attached hydrogens (tertiary/aromatic N) is 3. The molecule has 0 amide bonds. The Morgan fingerprint density at radius 3 is 2.72 bits per heavy atom. The van der Waals surface area contributed by atoms with E-state index in [1.807, 2.05) is 54.7 Å². The number of H-pyrrole nitrogens is 1. The third-order valence-electron chi connectivity index (χ3n) is 6.73. The van der Waals surface area contributed by atoms with E-state index in [-0.39, 0.29) is 17.6 Å². The molecule has 2 aromatic carbocycles. The summed E-state index contributed by atoms with van der Waals surface area (Å²) in [4.78, 5) is 28.1. The minimum atomic E-state index is -0.238. The van der Waals surface area contributed by atoms with E-state index in [9.17, 15) is 4.79 Å². The second kappa shape index (κ2) is 9.28. The van der Waals surface area contributed by atoms with Gasteiger partial charge in [-0.2, -0.15) is 0 Å². The number of nitrogen functional groups attached to an aromatic ring is 1. The molecule has 0 radical (unpaired) electrons. The quantitative estimate of drug-likeness (QED) is 0.322. The number of fused-ring (bicyclic) bond motifs is 1. The van der Waals surface area contributed by atoms with Gasteiger partial charge in [-0.05, 0) is 29.8 Å². The van der Waals surface area contributed by atoms with Crippen molar-refractivity contribution in [2.75, 3.05) is 30.3 Å². The van der Waals surface area contributed by atoms with Gasteiger partial charge >= 0.3 is 0 Å². The Balaban J connectivity index is 1.29. The molecule has 6 rings (SSSR count). The van der Waals surface area contributed by atoms with Crippen LogP contribution in [0, 0.1) is 0 Å². The number of carbonyl (C=O) groups is 1. The summed E-state index contributed by atoms with van der Waals surface area (Å²) < 4.78 is 0. The van der Waals surface area contributed by atoms with Crippen molar-refractivity contribution >= 4 is 28.3 Å². The molecule has 0 bridgehead atoms. The molecule has 3 aromatic heterocycles. The highest BCUT2D eigenvalue weighted by atomic mass is 16.1. The molecule has 0 aliphatic carbocycles. The van der Waals surface area contributed by atoms with Crippen molar-refractivity contribution in [3.63, 3.8) is 0 Å². The first-order valence-electron chi connectivity index (χ1n) is 12.0. The maximum Gasteiger partial charge on any atom is 0.215 e. The van der Waals surface area contributed by atoms with E-state index in [1.54, 1.807) is 12.3 Å². The summed E-state index contributed by atoms with van der Waals surface area (Å²) in [6, 6.07) is 26.0. The van der Waals surface area contributed by atoms with Crippen molar-refractivity contribution in [3.05, 3.63) is 108 Å². The topological polar surface area (TPSA) is 99.9 Å². The molecular weight excluding hydrogens is 448 g/mol. The normalized spacial score (nSPS) is 15.8. The van der Waals surface area contributed by atoms with Crippen molar-refractivity contribution in [1.29, 1.82) is 0 Å². The van der Waals surface area contributed by atoms with Gasteiger partial charge in [-0.15, -0.1) is 0 Å². The van der Waals surface area contributed by atoms with E-state index < -0.39 is 0 Å². The predicted molar refractivity (Wildman–Crippen MR) is 143 cm³/mol. The number of hydrogen-bond acceptors (Lipinski definition) is 6. The number of para-hydroxylation sites is 1. The highest BCUT2D eigenvalue weighted by Crippen LogP contribution is 2.30. The van der Waals surface area contributed by atoms with Crippen LogP contribution in [0.25, 0.3) is 22.0 Å². The van der Waals surface area contributed by atoms with Crippen LogP contribution in [0.3, 0.4) is 0 Å². The lowest BCUT2D eigenvalue weighted by Gasteiger charge is -2.35. The van der Waals surface area contributed by atoms with Gasteiger partial charge in [0.05, 0.1) is 5.56 Å². The van der Waals surface area contributed by atoms with Gasteiger partial charge in [-0.1, -0.05) is 54.6 Å². The Morgan fingerprint density at radius 1 is 1.00 bits per heavy atom. The van der Waals surface area contributed by atoms with Crippen LogP contribution >= 0.6 is 0 Å². The molecule has 178 valence electrons. The number of aromatic amines is 1. The van der Waals surface area contributed by atoms with Crippen LogP contribution in [0.2, 0.25) is 0 Å². The van der Waals surface area contributed by atoms with Crippen LogP contribution in [0.5, 0.6) is 0 Å². The fourth-order valence-corrected chi connectivity index (χ4v) is 4.85. The van der Waals surface area contributed by atoms with Gasteiger partial charge < -0.3 is 20.9 Å². The van der Waals surface area contributed by atoms with Crippen molar-refractivity contribution < 1.29 is 4.79 Å². The molecular formula is C29H26N6O. The van der Waals surface area contributed by atoms with Crippen LogP contribution in [0.1, 0.15) is 27.7 Å². The van der Waals surface area contributed by atoms with Gasteiger partial charge in [0, 0.05) is 60.1 Å². The lowest BCUT2D eigenvalue weighted by Crippen LogP contribution is -2.46. The first kappa shape index (κ1) is 22.0. The zero-order valence-electron chi connectivity index (χ0n) is 19.7. The molecule has 1 atom stereocenters. The molecule has 4 heterocycles. The van der Waals surface area contributed by atoms with Gasteiger partial charge in [0.25, 0.3) is 0 Å². The van der Waals surface area contributed by atoms with Crippen molar-refractivity contribution in [2.45, 2.75) is 6.04 Å². The SMILES string of the molecule is Nc1ncc(-c2c[nH]c3ccccc23)cc1C(=O)c1cccc(N2CCNC(c3ccccc3)C2)n1. The van der Waals surface area contributed by atoms with Gasteiger partial charge in [-0.25, -0.2) is 9.97 Å². The molecule has 1 saturated heterocycles. The lowest BCUT2D eigenvalue weighted by atomic mass is 10.0. The second-order valence-electron chi connectivity index (χ2n) is 8.98. The maximum atomic E-state index is 13.6. The fourth-order valence-electron chi connectivity index (χ4n) is 4.85. The summed E-state index contributed by atoms with van der Waals surface area (Å²) in [5, 5.41) is 4.64. The van der Waals surface area contributed by atoms with E-state index in [4.69, 9.17) is 10.7 Å². The van der Waals surface area contributed by atoms with Crippen LogP contribution in [-0.2, 0) is 0 Å². The first-order chi connectivity index (χ1) is 17.7. The summed E-state index contributed by atoms with van der Waals surface area (Å²) >= 11 is 0. The molecule has 7 nitrogen and oxygen atoms in total. The average molecular weight is 475 g/mol. The second-order valence-corrected chi connectivity index (χ2v) is 8.98. The van der Waals surface area contributed by atoms with Gasteiger partial charge in [0.2, 0.25) is 5.78 Å². The molecule has 0 saturated carbocycles. The minimum Gasteiger partial charge on any atom is -0.383 e. The summed E-state index contributed by atoms with van der Waals surface area (Å²) in [6.45, 7) is 2.42. The molecule has 1 aliphatic heterocycles. The summed E-state index contributed by atoms with van der Waals surface area (Å²) in [6.07, 6.45) is 3.63. The predicted octanol–water partition coefficient (Wildman–Crippen LogP) is 4.59. The van der Waals surface area contributed by atoms with Crippen molar-refractivity contribution in [1.82, 2.24) is 20.3 Å². The number of pyridine rings is 2. The Kier molecular flexibility index (Phi) is 5.67. The molecule has 1 fully saturated rings. The highest BCUT2D eigenvalue weighted by molar-refractivity contribution is 6.11. The Morgan fingerprint density at radius 2 is 1.83 bits per heavy atom. The first-order valence-corrected chi connectivity index (χ1v) is 12.0. The molecule has 4 N–H and O–H groups in total. The summed E-state index contributed by atoms with van der Waals surface area (Å²) in [5.41, 5.74) is 10.9. The van der Waals surface area contributed by atoms with E-state index in [0.717, 1.165) is 47.5 Å². The van der Waals surface area contributed by atoms with E-state index in [2.05, 4.69) is 44.5 Å². The molecule has 36 heavy (non-hydrogen) atoms. The zero-order chi connectivity index (χ0) is 24.5. The third kappa shape index (κ3) is 4.10. The van der Waals surface area contributed by atoms with Gasteiger partial charge in [0.15, 0.2) is 0 Å². The van der Waals surface area contributed by atoms with Gasteiger partial charge in [0.1, 0.15) is 17.3 Å². The number of carbonyl (C=O) groups excluding carboxylic acids is 1. The lowest BCUT2D eigenvalue weighted by molar-refractivity contribution is 0.103. The summed E-state index contributed by atoms with van der Waals surface area (Å²) in [5.74, 6) is 0.739. The number of piperazine rings is 1. The Labute approximate surface area is 209 Å². The zero-order valence-corrected chi connectivity index (χ0v) is 19.7. The van der Waals surface area contributed by atoms with Crippen LogP contribution in [0.4, 0.5) is 11.6 Å². The number of rotatable bonds is 5. The summed E-state index contributed by atoms with van der Waals surface area (Å²) in [7, 11) is 0. The van der Waals surface area contributed by atoms with Gasteiger partial charge in [-0.3, -0.25) is 4.79 Å². The number of nitrogens with two attached hydrogens (primary N) is 1. The third-order valence-corrected chi connectivity index (χ3v) is 6.73. The number of aromatic nitrogens is 3. The molecule has 5 aromatic rings. The Bertz CT molecular complexity index is 1540. The molecule has 0 spiro atoms. The van der Waals surface area contributed by atoms with Crippen LogP contribution in [0.15, 0.2) is 91.3 Å². The van der Waals surface area contributed by atoms with E-state index in [0.29, 0.717) is 11.3 Å². The molecule has 7 heteroatoms. The number of ketones is 1. The largest absolute Gasteiger partial charge is 0.383 e. The minimum absolute atomic E-state index is 0.196. The number of nitrogens with one attached hydrogen (secondary N) is 2. The maximum absolute atomic E-state index is 13.6. The van der Waals surface area contributed by atoms with Crippen molar-refractivity contribution in [3.8, 4) is 11.1 Å². The van der Waals surface area contributed by atoms with Crippen LogP contribution in [-0.4, -0.2) is 40.4 Å². The fraction of sp³-hybridized carbons (Fsp3) is 0.138. The van der Waals surface area contributed by atoms with E-state index >= 15 is 0 Å². The highest BCUT2D eigenvalue weighted by Gasteiger charge is 2.23. The molecule has 1 aliphatic rings. The average Bonchev–Trinajstić information content (AvgIpc) is 3.38. The van der Waals surface area contributed by atoms with Crippen LogP contribution < -0.4 is 16.0 Å². The monoisotopic (exact) mass is 474 g/mol. The number of anilines is 2.